The van der Waals surface area contributed by atoms with Crippen LogP contribution in [0.2, 0.25) is 0 Å². The van der Waals surface area contributed by atoms with Gasteiger partial charge in [0, 0.05) is 24.2 Å². The van der Waals surface area contributed by atoms with Crippen molar-refractivity contribution in [1.82, 2.24) is 0 Å². The molecule has 240 valence electrons. The maximum absolute atomic E-state index is 11.8. The predicted octanol–water partition coefficient (Wildman–Crippen LogP) is 1.31. The molecule has 7 rings (SSSR count). The lowest BCUT2D eigenvalue weighted by atomic mass is 9.41. The largest absolute Gasteiger partial charge is 0.392 e. The summed E-state index contributed by atoms with van der Waals surface area (Å²) in [6.07, 6.45) is -2.92. The Morgan fingerprint density at radius 2 is 1.55 bits per heavy atom. The van der Waals surface area contributed by atoms with Crippen LogP contribution in [0.25, 0.3) is 0 Å². The highest BCUT2D eigenvalue weighted by Crippen LogP contribution is 2.72. The van der Waals surface area contributed by atoms with E-state index in [9.17, 15) is 30.6 Å². The number of aliphatic hydroxyl groups is 6. The standard InChI is InChI=1S/C32H52O10/c1-15-5-10-32(40-13-15)16(2)24-22(41-32)11-19-17-6-9-31(42-28-26(37)25(36)21(34)14-39-28)27(38)20(33)12-23(35)30(31,4)18(17)7-8-29(19,24)3/h15-28,33-38H,5-14H2,1-4H3/t15?,16-,17+,18-,19-,20?,21-,22-,23?,24-,25-,26+,27?,28-,29-,30-,31?,32+/m0/s1. The average Bonchev–Trinajstić information content (AvgIpc) is 3.40. The van der Waals surface area contributed by atoms with Crippen molar-refractivity contribution in [3.63, 3.8) is 0 Å². The van der Waals surface area contributed by atoms with E-state index in [-0.39, 0.29) is 36.4 Å². The monoisotopic (exact) mass is 596 g/mol. The van der Waals surface area contributed by atoms with Gasteiger partial charge in [-0.25, -0.2) is 0 Å². The summed E-state index contributed by atoms with van der Waals surface area (Å²) in [4.78, 5) is 0. The first-order valence-electron chi connectivity index (χ1n) is 16.5. The Bertz CT molecular complexity index is 1030. The van der Waals surface area contributed by atoms with Crippen LogP contribution in [-0.4, -0.2) is 104 Å². The lowest BCUT2D eigenvalue weighted by Crippen LogP contribution is -2.75. The number of ether oxygens (including phenoxy) is 4. The molecule has 7 aliphatic rings. The number of hydrogen-bond acceptors (Lipinski definition) is 10. The zero-order chi connectivity index (χ0) is 30.0. The number of hydrogen-bond donors (Lipinski definition) is 6. The molecule has 10 heteroatoms. The summed E-state index contributed by atoms with van der Waals surface area (Å²) in [5, 5.41) is 65.4. The summed E-state index contributed by atoms with van der Waals surface area (Å²) in [5.41, 5.74) is -2.27. The van der Waals surface area contributed by atoms with Crippen LogP contribution in [0.15, 0.2) is 0 Å². The Kier molecular flexibility index (Phi) is 7.24. The normalized spacial score (nSPS) is 62.7. The van der Waals surface area contributed by atoms with Gasteiger partial charge < -0.3 is 49.6 Å². The third-order valence-electron chi connectivity index (χ3n) is 14.0. The highest BCUT2D eigenvalue weighted by Gasteiger charge is 2.74. The van der Waals surface area contributed by atoms with Crippen LogP contribution < -0.4 is 0 Å². The molecule has 0 aromatic heterocycles. The van der Waals surface area contributed by atoms with Gasteiger partial charge in [-0.2, -0.15) is 0 Å². The lowest BCUT2D eigenvalue weighted by Gasteiger charge is -2.68. The molecule has 3 aliphatic heterocycles. The molecule has 0 aromatic carbocycles. The second-order valence-electron chi connectivity index (χ2n) is 15.7. The van der Waals surface area contributed by atoms with E-state index >= 15 is 0 Å². The van der Waals surface area contributed by atoms with Gasteiger partial charge in [-0.05, 0) is 73.5 Å². The first-order valence-corrected chi connectivity index (χ1v) is 16.5. The van der Waals surface area contributed by atoms with E-state index in [1.54, 1.807) is 0 Å². The molecule has 0 aromatic rings. The Morgan fingerprint density at radius 3 is 2.26 bits per heavy atom. The summed E-state index contributed by atoms with van der Waals surface area (Å²) in [5.74, 6) is 1.44. The summed E-state index contributed by atoms with van der Waals surface area (Å²) in [6.45, 7) is 9.50. The van der Waals surface area contributed by atoms with Gasteiger partial charge in [-0.1, -0.05) is 27.7 Å². The molecule has 1 spiro atoms. The smallest absolute Gasteiger partial charge is 0.187 e. The van der Waals surface area contributed by atoms with Crippen LogP contribution in [0.4, 0.5) is 0 Å². The van der Waals surface area contributed by atoms with Crippen molar-refractivity contribution in [2.24, 2.45) is 46.3 Å². The van der Waals surface area contributed by atoms with Crippen LogP contribution in [-0.2, 0) is 18.9 Å². The molecule has 3 saturated heterocycles. The van der Waals surface area contributed by atoms with Gasteiger partial charge in [0.2, 0.25) is 0 Å². The minimum atomic E-state index is -1.53. The molecule has 0 amide bonds. The van der Waals surface area contributed by atoms with Gasteiger partial charge in [0.25, 0.3) is 0 Å². The Hall–Kier alpha value is -0.400. The highest BCUT2D eigenvalue weighted by molar-refractivity contribution is 5.22. The predicted molar refractivity (Wildman–Crippen MR) is 149 cm³/mol. The average molecular weight is 597 g/mol. The second kappa shape index (κ2) is 10.0. The maximum atomic E-state index is 11.8. The number of rotatable bonds is 2. The van der Waals surface area contributed by atoms with E-state index in [0.29, 0.717) is 30.1 Å². The molecule has 4 saturated carbocycles. The van der Waals surface area contributed by atoms with Crippen LogP contribution >= 0.6 is 0 Å². The topological polar surface area (TPSA) is 158 Å². The SMILES string of the molecule is CC1CC[C@@]2(OC1)O[C@H]1C[C@H]3[C@@H]4CCC5(O[C@@H]6OC[C@H](O)[C@H](O)[C@H]6O)C(O)C(O)CC(O)[C@]5(C)[C@H]4CC[C@]3(C)[C@H]1[C@@H]2C. The zero-order valence-corrected chi connectivity index (χ0v) is 25.5. The minimum Gasteiger partial charge on any atom is -0.392 e. The highest BCUT2D eigenvalue weighted by atomic mass is 16.7. The number of fused-ring (bicyclic) bond motifs is 7. The van der Waals surface area contributed by atoms with E-state index in [2.05, 4.69) is 20.8 Å². The molecule has 10 nitrogen and oxygen atoms in total. The molecule has 3 heterocycles. The van der Waals surface area contributed by atoms with E-state index in [1.807, 2.05) is 6.92 Å². The van der Waals surface area contributed by atoms with Gasteiger partial charge in [-0.15, -0.1) is 0 Å². The van der Waals surface area contributed by atoms with Gasteiger partial charge in [0.1, 0.15) is 30.0 Å². The fourth-order valence-electron chi connectivity index (χ4n) is 11.7. The molecule has 0 bridgehead atoms. The molecule has 5 unspecified atom stereocenters. The Labute approximate surface area is 248 Å². The van der Waals surface area contributed by atoms with Crippen molar-refractivity contribution < 1.29 is 49.6 Å². The first kappa shape index (κ1) is 30.3. The molecule has 42 heavy (non-hydrogen) atoms. The van der Waals surface area contributed by atoms with Crippen LogP contribution in [0, 0.1) is 46.3 Å². The van der Waals surface area contributed by atoms with Gasteiger partial charge in [0.15, 0.2) is 12.1 Å². The Morgan fingerprint density at radius 1 is 0.786 bits per heavy atom. The fourth-order valence-corrected chi connectivity index (χ4v) is 11.7. The molecule has 7 fully saturated rings. The van der Waals surface area contributed by atoms with Crippen LogP contribution in [0.3, 0.4) is 0 Å². The van der Waals surface area contributed by atoms with Crippen molar-refractivity contribution >= 4 is 0 Å². The minimum absolute atomic E-state index is 0.00703. The summed E-state index contributed by atoms with van der Waals surface area (Å²) >= 11 is 0. The van der Waals surface area contributed by atoms with Crippen LogP contribution in [0.1, 0.15) is 79.1 Å². The second-order valence-corrected chi connectivity index (χ2v) is 15.7. The van der Waals surface area contributed by atoms with Crippen LogP contribution in [0.5, 0.6) is 0 Å². The van der Waals surface area contributed by atoms with Gasteiger partial charge in [0.05, 0.1) is 31.5 Å². The molecule has 18 atom stereocenters. The van der Waals surface area contributed by atoms with E-state index in [1.165, 1.54) is 0 Å². The van der Waals surface area contributed by atoms with E-state index in [0.717, 1.165) is 45.1 Å². The molecule has 4 aliphatic carbocycles. The third-order valence-corrected chi connectivity index (χ3v) is 14.0. The van der Waals surface area contributed by atoms with Gasteiger partial charge in [-0.3, -0.25) is 0 Å². The van der Waals surface area contributed by atoms with Crippen molar-refractivity contribution in [2.45, 2.75) is 139 Å². The van der Waals surface area contributed by atoms with Crippen molar-refractivity contribution in [1.29, 1.82) is 0 Å². The van der Waals surface area contributed by atoms with E-state index in [4.69, 9.17) is 18.9 Å². The lowest BCUT2D eigenvalue weighted by molar-refractivity contribution is -0.379. The molecule has 0 radical (unpaired) electrons. The quantitative estimate of drug-likeness (QED) is 0.257. The maximum Gasteiger partial charge on any atom is 0.187 e. The van der Waals surface area contributed by atoms with Gasteiger partial charge >= 0.3 is 0 Å². The summed E-state index contributed by atoms with van der Waals surface area (Å²) in [6, 6.07) is 0. The summed E-state index contributed by atoms with van der Waals surface area (Å²) in [7, 11) is 0. The molecular weight excluding hydrogens is 544 g/mol. The molecule has 6 N–H and O–H groups in total. The number of aliphatic hydroxyl groups excluding tert-OH is 6. The van der Waals surface area contributed by atoms with Crippen molar-refractivity contribution in [3.05, 3.63) is 0 Å². The fraction of sp³-hybridized carbons (Fsp3) is 1.00. The van der Waals surface area contributed by atoms with Crippen molar-refractivity contribution in [2.75, 3.05) is 13.2 Å². The van der Waals surface area contributed by atoms with Crippen molar-refractivity contribution in [3.8, 4) is 0 Å². The zero-order valence-electron chi connectivity index (χ0n) is 25.5. The molecular formula is C32H52O10. The third kappa shape index (κ3) is 3.86. The van der Waals surface area contributed by atoms with E-state index < -0.39 is 59.7 Å². The first-order chi connectivity index (χ1) is 19.8. The Balaban J connectivity index is 1.19. The summed E-state index contributed by atoms with van der Waals surface area (Å²) < 4.78 is 25.5.